The van der Waals surface area contributed by atoms with Gasteiger partial charge in [-0.05, 0) is 91.5 Å². The minimum atomic E-state index is -2.84. The van der Waals surface area contributed by atoms with E-state index in [1.165, 1.54) is 11.1 Å². The number of terminal acetylenes is 1. The van der Waals surface area contributed by atoms with Crippen molar-refractivity contribution < 1.29 is 13.5 Å². The van der Waals surface area contributed by atoms with Crippen LogP contribution in [-0.4, -0.2) is 22.6 Å². The normalized spacial score (nSPS) is 17.8. The van der Waals surface area contributed by atoms with Crippen molar-refractivity contribution in [2.45, 2.75) is 84.3 Å². The van der Waals surface area contributed by atoms with Crippen LogP contribution >= 0.6 is 0 Å². The summed E-state index contributed by atoms with van der Waals surface area (Å²) in [6, 6.07) is 13.3. The van der Waals surface area contributed by atoms with Crippen LogP contribution in [0.2, 0.25) is 0 Å². The van der Waals surface area contributed by atoms with Crippen molar-refractivity contribution in [3.63, 3.8) is 0 Å². The van der Waals surface area contributed by atoms with Gasteiger partial charge in [0.25, 0.3) is 0 Å². The minimum Gasteiger partial charge on any atom is -0.435 e. The van der Waals surface area contributed by atoms with E-state index in [0.29, 0.717) is 17.5 Å². The maximum absolute atomic E-state index is 12.7. The van der Waals surface area contributed by atoms with Crippen LogP contribution in [0.5, 0.6) is 5.75 Å². The fourth-order valence-corrected chi connectivity index (χ4v) is 4.97. The van der Waals surface area contributed by atoms with Gasteiger partial charge < -0.3 is 9.64 Å². The Morgan fingerprint density at radius 1 is 1.03 bits per heavy atom. The molecule has 1 fully saturated rings. The smallest absolute Gasteiger partial charge is 0.387 e. The van der Waals surface area contributed by atoms with E-state index in [-0.39, 0.29) is 11.8 Å². The Morgan fingerprint density at radius 3 is 2.30 bits per heavy atom. The fourth-order valence-electron chi connectivity index (χ4n) is 4.97. The lowest BCUT2D eigenvalue weighted by atomic mass is 9.81. The zero-order chi connectivity index (χ0) is 26.8. The zero-order valence-corrected chi connectivity index (χ0v) is 22.2. The van der Waals surface area contributed by atoms with Crippen molar-refractivity contribution >= 4 is 11.4 Å². The summed E-state index contributed by atoms with van der Waals surface area (Å²) in [5.74, 6) is 3.54. The highest BCUT2D eigenvalue weighted by atomic mass is 19.3. The van der Waals surface area contributed by atoms with Crippen LogP contribution in [0, 0.1) is 12.3 Å². The molecule has 196 valence electrons. The summed E-state index contributed by atoms with van der Waals surface area (Å²) in [4.78, 5) is 11.2. The molecule has 4 nitrogen and oxygen atoms in total. The number of aromatic nitrogens is 2. The van der Waals surface area contributed by atoms with Gasteiger partial charge in [-0.15, -0.1) is 6.42 Å². The Balaban J connectivity index is 0.00000186. The number of hydrogen-bond acceptors (Lipinski definition) is 4. The number of ether oxygens (including phenoxy) is 1. The van der Waals surface area contributed by atoms with Crippen LogP contribution < -0.4 is 9.64 Å². The molecule has 3 aromatic rings. The van der Waals surface area contributed by atoms with E-state index in [2.05, 4.69) is 51.5 Å². The highest BCUT2D eigenvalue weighted by Crippen LogP contribution is 2.42. The summed E-state index contributed by atoms with van der Waals surface area (Å²) >= 11 is 0. The van der Waals surface area contributed by atoms with Crippen molar-refractivity contribution in [2.75, 3.05) is 4.90 Å². The Bertz CT molecular complexity index is 1130. The van der Waals surface area contributed by atoms with Crippen molar-refractivity contribution in [2.24, 2.45) is 0 Å². The number of rotatable bonds is 8. The number of nitrogens with zero attached hydrogens (tertiary/aromatic N) is 3. The number of hydrogen-bond donors (Lipinski definition) is 0. The molecule has 2 heterocycles. The first-order valence-electron chi connectivity index (χ1n) is 13.2. The molecule has 1 aromatic carbocycles. The van der Waals surface area contributed by atoms with Crippen molar-refractivity contribution in [1.29, 1.82) is 0 Å². The van der Waals surface area contributed by atoms with Gasteiger partial charge in [-0.1, -0.05) is 39.7 Å². The predicted molar refractivity (Wildman–Crippen MR) is 147 cm³/mol. The lowest BCUT2D eigenvalue weighted by Gasteiger charge is -2.39. The molecular weight excluding hydrogens is 468 g/mol. The van der Waals surface area contributed by atoms with Gasteiger partial charge >= 0.3 is 6.61 Å². The molecule has 0 radical (unpaired) electrons. The number of benzene rings is 1. The van der Waals surface area contributed by atoms with Gasteiger partial charge in [0, 0.05) is 24.1 Å². The van der Waals surface area contributed by atoms with Gasteiger partial charge in [0.15, 0.2) is 0 Å². The summed E-state index contributed by atoms with van der Waals surface area (Å²) in [6.45, 7) is 5.56. The molecule has 1 aliphatic carbocycles. The first-order valence-corrected chi connectivity index (χ1v) is 13.2. The summed E-state index contributed by atoms with van der Waals surface area (Å²) in [5, 5.41) is 0. The number of halogens is 2. The van der Waals surface area contributed by atoms with Crippen LogP contribution in [0.25, 0.3) is 0 Å². The lowest BCUT2D eigenvalue weighted by Crippen LogP contribution is -2.35. The number of pyridine rings is 2. The molecule has 1 atom stereocenters. The molecule has 1 unspecified atom stereocenters. The molecule has 0 saturated heterocycles. The molecule has 0 aliphatic heterocycles. The summed E-state index contributed by atoms with van der Waals surface area (Å²) in [5.41, 5.74) is 5.15. The SMILES string of the molecule is C#Cc1ccc(C2CCC(N(c3ccc(OC(F)F)cc3)c3cnccc3C(C)CC)CC2)cn1.CC. The molecule has 0 bridgehead atoms. The molecule has 2 aromatic heterocycles. The van der Waals surface area contributed by atoms with E-state index >= 15 is 0 Å². The second-order valence-electron chi connectivity index (χ2n) is 9.11. The van der Waals surface area contributed by atoms with E-state index in [0.717, 1.165) is 43.5 Å². The van der Waals surface area contributed by atoms with Crippen molar-refractivity contribution in [3.05, 3.63) is 77.9 Å². The average molecular weight is 506 g/mol. The van der Waals surface area contributed by atoms with Crippen LogP contribution in [0.1, 0.15) is 88.5 Å². The summed E-state index contributed by atoms with van der Waals surface area (Å²) in [7, 11) is 0. The first-order chi connectivity index (χ1) is 18.0. The zero-order valence-electron chi connectivity index (χ0n) is 22.2. The molecule has 1 aliphatic rings. The largest absolute Gasteiger partial charge is 0.435 e. The van der Waals surface area contributed by atoms with E-state index in [1.54, 1.807) is 12.1 Å². The van der Waals surface area contributed by atoms with Crippen LogP contribution in [0.15, 0.2) is 61.1 Å². The maximum atomic E-state index is 12.7. The minimum absolute atomic E-state index is 0.156. The Morgan fingerprint density at radius 2 is 1.73 bits per heavy atom. The Hall–Kier alpha value is -3.46. The predicted octanol–water partition coefficient (Wildman–Crippen LogP) is 8.46. The van der Waals surface area contributed by atoms with E-state index in [4.69, 9.17) is 6.42 Å². The molecule has 6 heteroatoms. The van der Waals surface area contributed by atoms with Gasteiger partial charge in [0.2, 0.25) is 0 Å². The molecular formula is C31H37F2N3O. The molecule has 4 rings (SSSR count). The van der Waals surface area contributed by atoms with Gasteiger partial charge in [-0.2, -0.15) is 8.78 Å². The Labute approximate surface area is 220 Å². The lowest BCUT2D eigenvalue weighted by molar-refractivity contribution is -0.0498. The van der Waals surface area contributed by atoms with Crippen molar-refractivity contribution in [3.8, 4) is 18.1 Å². The number of anilines is 2. The molecule has 0 N–H and O–H groups in total. The van der Waals surface area contributed by atoms with Gasteiger partial charge in [0.1, 0.15) is 11.4 Å². The molecule has 0 amide bonds. The third kappa shape index (κ3) is 7.07. The molecule has 1 saturated carbocycles. The third-order valence-corrected chi connectivity index (χ3v) is 7.04. The average Bonchev–Trinajstić information content (AvgIpc) is 2.95. The first kappa shape index (κ1) is 28.1. The quantitative estimate of drug-likeness (QED) is 0.288. The molecule has 0 spiro atoms. The molecule has 37 heavy (non-hydrogen) atoms. The van der Waals surface area contributed by atoms with E-state index < -0.39 is 6.61 Å². The number of alkyl halides is 2. The summed E-state index contributed by atoms with van der Waals surface area (Å²) in [6.07, 6.45) is 16.2. The van der Waals surface area contributed by atoms with Gasteiger partial charge in [-0.3, -0.25) is 4.98 Å². The van der Waals surface area contributed by atoms with Gasteiger partial charge in [-0.25, -0.2) is 4.98 Å². The standard InChI is InChI=1S/C29H31F2N3O.C2H6/c1-4-20(3)27-16-17-32-19-28(27)34(25-12-14-26(15-13-25)35-29(30)31)24-10-7-21(8-11-24)22-6-9-23(5-2)33-18-22;1-2/h2,6,9,12-21,24,29H,4,7-8,10-11H2,1,3H3;1-2H3. The highest BCUT2D eigenvalue weighted by Gasteiger charge is 2.30. The topological polar surface area (TPSA) is 38.2 Å². The van der Waals surface area contributed by atoms with E-state index in [9.17, 15) is 8.78 Å². The second-order valence-corrected chi connectivity index (χ2v) is 9.11. The third-order valence-electron chi connectivity index (χ3n) is 7.04. The van der Waals surface area contributed by atoms with Gasteiger partial charge in [0.05, 0.1) is 11.9 Å². The van der Waals surface area contributed by atoms with E-state index in [1.807, 2.05) is 50.6 Å². The fraction of sp³-hybridized carbons (Fsp3) is 0.419. The monoisotopic (exact) mass is 505 g/mol. The summed E-state index contributed by atoms with van der Waals surface area (Å²) < 4.78 is 29.9. The maximum Gasteiger partial charge on any atom is 0.387 e. The highest BCUT2D eigenvalue weighted by molar-refractivity contribution is 5.68. The van der Waals surface area contributed by atoms with Crippen LogP contribution in [0.4, 0.5) is 20.2 Å². The van der Waals surface area contributed by atoms with Crippen LogP contribution in [0.3, 0.4) is 0 Å². The van der Waals surface area contributed by atoms with Crippen LogP contribution in [-0.2, 0) is 0 Å². The second kappa shape index (κ2) is 13.7. The Kier molecular flexibility index (Phi) is 10.4. The van der Waals surface area contributed by atoms with Crippen molar-refractivity contribution in [1.82, 2.24) is 9.97 Å².